The highest BCUT2D eigenvalue weighted by Crippen LogP contribution is 2.39. The van der Waals surface area contributed by atoms with E-state index in [1.807, 2.05) is 36.4 Å². The Bertz CT molecular complexity index is 1120. The van der Waals surface area contributed by atoms with Crippen LogP contribution in [-0.4, -0.2) is 47.0 Å². The van der Waals surface area contributed by atoms with Crippen molar-refractivity contribution in [3.05, 3.63) is 95.1 Å². The lowest BCUT2D eigenvalue weighted by atomic mass is 9.97. The monoisotopic (exact) mass is 488 g/mol. The number of hydrogen-bond acceptors (Lipinski definition) is 6. The average Bonchev–Trinajstić information content (AvgIpc) is 3.40. The smallest absolute Gasteiger partial charge is 0.184 e. The summed E-state index contributed by atoms with van der Waals surface area (Å²) in [6, 6.07) is 24.7. The summed E-state index contributed by atoms with van der Waals surface area (Å²) in [5, 5.41) is 19.2. The van der Waals surface area contributed by atoms with E-state index in [-0.39, 0.29) is 31.5 Å². The summed E-state index contributed by atoms with van der Waals surface area (Å²) in [6.45, 7) is 2.47. The van der Waals surface area contributed by atoms with Crippen molar-refractivity contribution < 1.29 is 19.7 Å². The van der Waals surface area contributed by atoms with Crippen LogP contribution in [0.2, 0.25) is 0 Å². The molecule has 5 rings (SSSR count). The minimum absolute atomic E-state index is 0.0175. The SMILES string of the molecule is NCc1ccccc1-c1ccc([C@@H]2O[C@H](CN3CCC[C@H]3CO)C[C@H](c3ccc(CO)cc3)O2)cc1. The Morgan fingerprint density at radius 1 is 0.889 bits per heavy atom. The Hall–Kier alpha value is -2.58. The molecule has 3 aromatic carbocycles. The largest absolute Gasteiger partial charge is 0.395 e. The predicted octanol–water partition coefficient (Wildman–Crippen LogP) is 4.31. The molecule has 2 heterocycles. The average molecular weight is 489 g/mol. The van der Waals surface area contributed by atoms with E-state index in [1.54, 1.807) is 0 Å². The summed E-state index contributed by atoms with van der Waals surface area (Å²) in [5.41, 5.74) is 12.3. The van der Waals surface area contributed by atoms with Crippen molar-refractivity contribution in [2.75, 3.05) is 19.7 Å². The predicted molar refractivity (Wildman–Crippen MR) is 140 cm³/mol. The quantitative estimate of drug-likeness (QED) is 0.438. The zero-order valence-corrected chi connectivity index (χ0v) is 20.6. The summed E-state index contributed by atoms with van der Waals surface area (Å²) in [7, 11) is 0. The van der Waals surface area contributed by atoms with Crippen LogP contribution in [0.15, 0.2) is 72.8 Å². The number of nitrogens with two attached hydrogens (primary N) is 1. The molecule has 0 bridgehead atoms. The van der Waals surface area contributed by atoms with Crippen molar-refractivity contribution in [2.45, 2.75) is 57.0 Å². The van der Waals surface area contributed by atoms with Gasteiger partial charge in [0.05, 0.1) is 25.4 Å². The van der Waals surface area contributed by atoms with Crippen molar-refractivity contribution in [1.29, 1.82) is 0 Å². The highest BCUT2D eigenvalue weighted by Gasteiger charge is 2.35. The number of likely N-dealkylation sites (tertiary alicyclic amines) is 1. The van der Waals surface area contributed by atoms with Crippen LogP contribution in [0.25, 0.3) is 11.1 Å². The molecular formula is C30H36N2O4. The lowest BCUT2D eigenvalue weighted by Crippen LogP contribution is -2.42. The molecule has 190 valence electrons. The molecule has 2 fully saturated rings. The van der Waals surface area contributed by atoms with Crippen molar-refractivity contribution in [1.82, 2.24) is 4.90 Å². The molecule has 0 amide bonds. The molecule has 6 heteroatoms. The van der Waals surface area contributed by atoms with Gasteiger partial charge in [-0.2, -0.15) is 0 Å². The van der Waals surface area contributed by atoms with E-state index in [1.165, 1.54) is 0 Å². The number of benzene rings is 3. The molecule has 36 heavy (non-hydrogen) atoms. The highest BCUT2D eigenvalue weighted by atomic mass is 16.7. The first-order valence-electron chi connectivity index (χ1n) is 12.9. The van der Waals surface area contributed by atoms with E-state index >= 15 is 0 Å². The van der Waals surface area contributed by atoms with Crippen LogP contribution in [-0.2, 0) is 22.6 Å². The third-order valence-corrected chi connectivity index (χ3v) is 7.49. The first-order chi connectivity index (χ1) is 17.7. The molecule has 0 radical (unpaired) electrons. The molecule has 0 aliphatic carbocycles. The number of ether oxygens (including phenoxy) is 2. The van der Waals surface area contributed by atoms with Crippen LogP contribution in [0.5, 0.6) is 0 Å². The van der Waals surface area contributed by atoms with Crippen LogP contribution in [0, 0.1) is 0 Å². The topological polar surface area (TPSA) is 88.2 Å². The maximum absolute atomic E-state index is 9.80. The van der Waals surface area contributed by atoms with Gasteiger partial charge in [0, 0.05) is 31.1 Å². The number of hydrogen-bond donors (Lipinski definition) is 3. The van der Waals surface area contributed by atoms with Crippen LogP contribution < -0.4 is 5.73 Å². The van der Waals surface area contributed by atoms with Gasteiger partial charge in [-0.3, -0.25) is 4.90 Å². The van der Waals surface area contributed by atoms with Gasteiger partial charge in [0.1, 0.15) is 0 Å². The molecule has 0 saturated carbocycles. The van der Waals surface area contributed by atoms with E-state index in [2.05, 4.69) is 41.3 Å². The van der Waals surface area contributed by atoms with Gasteiger partial charge in [-0.25, -0.2) is 0 Å². The van der Waals surface area contributed by atoms with Gasteiger partial charge in [0.2, 0.25) is 0 Å². The Kier molecular flexibility index (Phi) is 8.12. The first kappa shape index (κ1) is 25.1. The summed E-state index contributed by atoms with van der Waals surface area (Å²) < 4.78 is 13.0. The molecule has 2 aliphatic rings. The normalized spacial score (nSPS) is 24.8. The van der Waals surface area contributed by atoms with Crippen LogP contribution in [0.3, 0.4) is 0 Å². The summed E-state index contributed by atoms with van der Waals surface area (Å²) in [4.78, 5) is 2.35. The minimum atomic E-state index is -0.486. The van der Waals surface area contributed by atoms with E-state index in [9.17, 15) is 10.2 Å². The van der Waals surface area contributed by atoms with Gasteiger partial charge >= 0.3 is 0 Å². The first-order valence-corrected chi connectivity index (χ1v) is 12.9. The van der Waals surface area contributed by atoms with Gasteiger partial charge in [-0.15, -0.1) is 0 Å². The lowest BCUT2D eigenvalue weighted by molar-refractivity contribution is -0.253. The third-order valence-electron chi connectivity index (χ3n) is 7.49. The molecule has 0 unspecified atom stereocenters. The Morgan fingerprint density at radius 2 is 1.64 bits per heavy atom. The molecule has 4 N–H and O–H groups in total. The maximum atomic E-state index is 9.80. The number of rotatable bonds is 8. The standard InChI is InChI=1S/C30H36N2O4/c31-17-25-4-1-2-6-28(25)22-11-13-24(14-12-22)30-35-27(18-32-15-3-5-26(32)20-34)16-29(36-30)23-9-7-21(19-33)8-10-23/h1-2,4,6-14,26-27,29-30,33-34H,3,5,15-20,31H2/t26-,27-,29+,30+/m0/s1. The Balaban J connectivity index is 1.38. The second kappa shape index (κ2) is 11.6. The van der Waals surface area contributed by atoms with E-state index < -0.39 is 6.29 Å². The molecule has 0 aromatic heterocycles. The molecule has 3 aromatic rings. The summed E-state index contributed by atoms with van der Waals surface area (Å²) in [6.07, 6.45) is 2.26. The molecule has 2 saturated heterocycles. The van der Waals surface area contributed by atoms with Crippen LogP contribution in [0.1, 0.15) is 53.9 Å². The van der Waals surface area contributed by atoms with Gasteiger partial charge in [-0.05, 0) is 47.2 Å². The van der Waals surface area contributed by atoms with Crippen molar-refractivity contribution in [3.63, 3.8) is 0 Å². The van der Waals surface area contributed by atoms with Crippen molar-refractivity contribution >= 4 is 0 Å². The zero-order valence-electron chi connectivity index (χ0n) is 20.6. The van der Waals surface area contributed by atoms with Gasteiger partial charge in [-0.1, -0.05) is 72.8 Å². The molecule has 4 atom stereocenters. The second-order valence-corrected chi connectivity index (χ2v) is 9.81. The van der Waals surface area contributed by atoms with E-state index in [0.717, 1.165) is 65.7 Å². The highest BCUT2D eigenvalue weighted by molar-refractivity contribution is 5.67. The fraction of sp³-hybridized carbons (Fsp3) is 0.400. The van der Waals surface area contributed by atoms with Crippen LogP contribution >= 0.6 is 0 Å². The van der Waals surface area contributed by atoms with Gasteiger partial charge in [0.25, 0.3) is 0 Å². The zero-order chi connectivity index (χ0) is 24.9. The Labute approximate surface area is 213 Å². The third kappa shape index (κ3) is 5.54. The van der Waals surface area contributed by atoms with Gasteiger partial charge in [0.15, 0.2) is 6.29 Å². The second-order valence-electron chi connectivity index (χ2n) is 9.81. The van der Waals surface area contributed by atoms with Crippen molar-refractivity contribution in [3.8, 4) is 11.1 Å². The summed E-state index contributed by atoms with van der Waals surface area (Å²) >= 11 is 0. The summed E-state index contributed by atoms with van der Waals surface area (Å²) in [5.74, 6) is 0. The maximum Gasteiger partial charge on any atom is 0.184 e. The number of aliphatic hydroxyl groups excluding tert-OH is 2. The number of nitrogens with zero attached hydrogens (tertiary/aromatic N) is 1. The Morgan fingerprint density at radius 3 is 2.36 bits per heavy atom. The van der Waals surface area contributed by atoms with Crippen molar-refractivity contribution in [2.24, 2.45) is 5.73 Å². The molecule has 0 spiro atoms. The van der Waals surface area contributed by atoms with E-state index in [4.69, 9.17) is 15.2 Å². The fourth-order valence-corrected chi connectivity index (χ4v) is 5.44. The van der Waals surface area contributed by atoms with E-state index in [0.29, 0.717) is 6.54 Å². The fourth-order valence-electron chi connectivity index (χ4n) is 5.44. The molecule has 2 aliphatic heterocycles. The van der Waals surface area contributed by atoms with Crippen LogP contribution in [0.4, 0.5) is 0 Å². The van der Waals surface area contributed by atoms with Gasteiger partial charge < -0.3 is 25.4 Å². The molecular weight excluding hydrogens is 452 g/mol. The molecule has 6 nitrogen and oxygen atoms in total. The number of aliphatic hydroxyl groups is 2. The lowest BCUT2D eigenvalue weighted by Gasteiger charge is -2.38. The minimum Gasteiger partial charge on any atom is -0.395 e.